The molecule has 0 amide bonds. The van der Waals surface area contributed by atoms with E-state index in [1.54, 1.807) is 13.2 Å². The van der Waals surface area contributed by atoms with Crippen molar-refractivity contribution in [2.75, 3.05) is 14.2 Å². The van der Waals surface area contributed by atoms with Crippen molar-refractivity contribution in [3.63, 3.8) is 0 Å². The maximum absolute atomic E-state index is 8.90. The average molecular weight is 191 g/mol. The van der Waals surface area contributed by atoms with E-state index in [0.717, 1.165) is 11.1 Å². The van der Waals surface area contributed by atoms with Crippen molar-refractivity contribution in [3.05, 3.63) is 22.8 Å². The third-order valence-corrected chi connectivity index (χ3v) is 2.27. The minimum atomic E-state index is 0.507. The molecular weight excluding hydrogens is 178 g/mol. The molecular formula is C11H13NO2. The van der Waals surface area contributed by atoms with Crippen LogP contribution in [-0.2, 0) is 0 Å². The first-order valence-corrected chi connectivity index (χ1v) is 4.28. The Morgan fingerprint density at radius 3 is 2.14 bits per heavy atom. The summed E-state index contributed by atoms with van der Waals surface area (Å²) in [4.78, 5) is 0. The Bertz CT molecular complexity index is 391. The predicted molar refractivity (Wildman–Crippen MR) is 53.7 cm³/mol. The smallest absolute Gasteiger partial charge is 0.178 e. The van der Waals surface area contributed by atoms with Gasteiger partial charge in [0.15, 0.2) is 11.5 Å². The lowest BCUT2D eigenvalue weighted by molar-refractivity contribution is 0.351. The Morgan fingerprint density at radius 2 is 1.71 bits per heavy atom. The number of rotatable bonds is 2. The fraction of sp³-hybridized carbons (Fsp3) is 0.364. The van der Waals surface area contributed by atoms with E-state index in [-0.39, 0.29) is 0 Å². The van der Waals surface area contributed by atoms with E-state index >= 15 is 0 Å². The molecule has 0 fully saturated rings. The zero-order chi connectivity index (χ0) is 10.7. The van der Waals surface area contributed by atoms with Crippen LogP contribution in [0.15, 0.2) is 6.07 Å². The Kier molecular flexibility index (Phi) is 2.98. The summed E-state index contributed by atoms with van der Waals surface area (Å²) in [7, 11) is 3.11. The van der Waals surface area contributed by atoms with Gasteiger partial charge in [-0.2, -0.15) is 5.26 Å². The molecule has 0 radical (unpaired) electrons. The minimum absolute atomic E-state index is 0.507. The van der Waals surface area contributed by atoms with Crippen LogP contribution in [0.3, 0.4) is 0 Å². The maximum Gasteiger partial charge on any atom is 0.178 e. The number of methoxy groups -OCH3 is 2. The summed E-state index contributed by atoms with van der Waals surface area (Å²) in [6.07, 6.45) is 0. The van der Waals surface area contributed by atoms with Crippen molar-refractivity contribution in [1.29, 1.82) is 5.26 Å². The quantitative estimate of drug-likeness (QED) is 0.719. The molecule has 1 aromatic carbocycles. The van der Waals surface area contributed by atoms with Gasteiger partial charge in [0.2, 0.25) is 0 Å². The molecule has 0 aromatic heterocycles. The molecule has 3 nitrogen and oxygen atoms in total. The lowest BCUT2D eigenvalue weighted by Crippen LogP contribution is -1.98. The molecule has 0 aliphatic carbocycles. The minimum Gasteiger partial charge on any atom is -0.493 e. The van der Waals surface area contributed by atoms with Crippen LogP contribution in [0.4, 0.5) is 0 Å². The molecule has 0 heterocycles. The van der Waals surface area contributed by atoms with Gasteiger partial charge in [-0.25, -0.2) is 0 Å². The van der Waals surface area contributed by atoms with Gasteiger partial charge in [-0.15, -0.1) is 0 Å². The molecule has 0 spiro atoms. The lowest BCUT2D eigenvalue weighted by atomic mass is 10.0. The van der Waals surface area contributed by atoms with Crippen LogP contribution in [0.2, 0.25) is 0 Å². The fourth-order valence-corrected chi connectivity index (χ4v) is 1.39. The van der Waals surface area contributed by atoms with E-state index in [0.29, 0.717) is 17.1 Å². The summed E-state index contributed by atoms with van der Waals surface area (Å²) >= 11 is 0. The van der Waals surface area contributed by atoms with Crippen LogP contribution in [0.25, 0.3) is 0 Å². The molecule has 14 heavy (non-hydrogen) atoms. The summed E-state index contributed by atoms with van der Waals surface area (Å²) in [5.74, 6) is 1.15. The van der Waals surface area contributed by atoms with E-state index in [4.69, 9.17) is 14.7 Å². The molecule has 0 unspecified atom stereocenters. The Labute approximate surface area is 83.9 Å². The molecule has 3 heteroatoms. The van der Waals surface area contributed by atoms with Gasteiger partial charge in [-0.05, 0) is 31.0 Å². The zero-order valence-electron chi connectivity index (χ0n) is 8.84. The molecule has 0 atom stereocenters. The van der Waals surface area contributed by atoms with Crippen LogP contribution in [0.5, 0.6) is 11.5 Å². The number of hydrogen-bond acceptors (Lipinski definition) is 3. The highest BCUT2D eigenvalue weighted by atomic mass is 16.5. The van der Waals surface area contributed by atoms with Gasteiger partial charge in [0.05, 0.1) is 19.8 Å². The largest absolute Gasteiger partial charge is 0.493 e. The van der Waals surface area contributed by atoms with Gasteiger partial charge in [0.25, 0.3) is 0 Å². The van der Waals surface area contributed by atoms with Crippen molar-refractivity contribution >= 4 is 0 Å². The molecule has 0 N–H and O–H groups in total. The van der Waals surface area contributed by atoms with Crippen molar-refractivity contribution in [2.24, 2.45) is 0 Å². The van der Waals surface area contributed by atoms with E-state index in [1.165, 1.54) is 7.11 Å². The van der Waals surface area contributed by atoms with Crippen LogP contribution in [0.1, 0.15) is 16.7 Å². The number of nitriles is 1. The fourth-order valence-electron chi connectivity index (χ4n) is 1.39. The molecule has 1 aromatic rings. The summed E-state index contributed by atoms with van der Waals surface area (Å²) in [6, 6.07) is 3.89. The van der Waals surface area contributed by atoms with Crippen molar-refractivity contribution in [3.8, 4) is 17.6 Å². The second kappa shape index (κ2) is 4.01. The van der Waals surface area contributed by atoms with Crippen LogP contribution < -0.4 is 9.47 Å². The van der Waals surface area contributed by atoms with Crippen molar-refractivity contribution < 1.29 is 9.47 Å². The third kappa shape index (κ3) is 1.51. The van der Waals surface area contributed by atoms with E-state index in [1.807, 2.05) is 13.8 Å². The van der Waals surface area contributed by atoms with Crippen LogP contribution in [0, 0.1) is 25.2 Å². The van der Waals surface area contributed by atoms with Gasteiger partial charge in [-0.3, -0.25) is 0 Å². The lowest BCUT2D eigenvalue weighted by Gasteiger charge is -2.13. The summed E-state index contributed by atoms with van der Waals surface area (Å²) in [5, 5.41) is 8.90. The number of ether oxygens (including phenoxy) is 2. The van der Waals surface area contributed by atoms with E-state index < -0.39 is 0 Å². The highest BCUT2D eigenvalue weighted by Crippen LogP contribution is 2.35. The van der Waals surface area contributed by atoms with E-state index in [2.05, 4.69) is 6.07 Å². The molecule has 0 aliphatic heterocycles. The van der Waals surface area contributed by atoms with Crippen LogP contribution >= 0.6 is 0 Å². The van der Waals surface area contributed by atoms with Gasteiger partial charge in [-0.1, -0.05) is 0 Å². The van der Waals surface area contributed by atoms with Crippen molar-refractivity contribution in [2.45, 2.75) is 13.8 Å². The predicted octanol–water partition coefficient (Wildman–Crippen LogP) is 2.19. The Morgan fingerprint density at radius 1 is 1.14 bits per heavy atom. The molecule has 0 aliphatic rings. The monoisotopic (exact) mass is 191 g/mol. The second-order valence-electron chi connectivity index (χ2n) is 3.04. The first-order valence-electron chi connectivity index (χ1n) is 4.28. The normalized spacial score (nSPS) is 9.36. The topological polar surface area (TPSA) is 42.2 Å². The molecule has 1 rings (SSSR count). The van der Waals surface area contributed by atoms with Gasteiger partial charge >= 0.3 is 0 Å². The number of benzene rings is 1. The van der Waals surface area contributed by atoms with E-state index in [9.17, 15) is 0 Å². The molecule has 0 saturated carbocycles. The summed E-state index contributed by atoms with van der Waals surface area (Å²) in [5.41, 5.74) is 2.54. The maximum atomic E-state index is 8.90. The summed E-state index contributed by atoms with van der Waals surface area (Å²) < 4.78 is 10.4. The molecule has 0 bridgehead atoms. The first-order chi connectivity index (χ1) is 6.65. The first kappa shape index (κ1) is 10.4. The van der Waals surface area contributed by atoms with Crippen LogP contribution in [-0.4, -0.2) is 14.2 Å². The Hall–Kier alpha value is -1.69. The number of aryl methyl sites for hydroxylation is 1. The van der Waals surface area contributed by atoms with Crippen molar-refractivity contribution in [1.82, 2.24) is 0 Å². The standard InChI is InChI=1S/C11H13NO2/c1-7-5-9(6-12)11(14-4)10(13-3)8(7)2/h5H,1-4H3. The third-order valence-electron chi connectivity index (χ3n) is 2.27. The van der Waals surface area contributed by atoms with Gasteiger partial charge < -0.3 is 9.47 Å². The molecule has 74 valence electrons. The number of hydrogen-bond donors (Lipinski definition) is 0. The zero-order valence-corrected chi connectivity index (χ0v) is 8.84. The molecule has 0 saturated heterocycles. The second-order valence-corrected chi connectivity index (χ2v) is 3.04. The average Bonchev–Trinajstić information content (AvgIpc) is 2.20. The highest BCUT2D eigenvalue weighted by Gasteiger charge is 2.14. The number of nitrogens with zero attached hydrogens (tertiary/aromatic N) is 1. The van der Waals surface area contributed by atoms with Gasteiger partial charge in [0, 0.05) is 0 Å². The highest BCUT2D eigenvalue weighted by molar-refractivity contribution is 5.58. The SMILES string of the molecule is COc1c(C#N)cc(C)c(C)c1OC. The summed E-state index contributed by atoms with van der Waals surface area (Å²) in [6.45, 7) is 3.88. The van der Waals surface area contributed by atoms with Gasteiger partial charge in [0.1, 0.15) is 6.07 Å². The Balaban J connectivity index is 3.52.